The van der Waals surface area contributed by atoms with Crippen LogP contribution in [0.15, 0.2) is 60.0 Å². The second-order valence-corrected chi connectivity index (χ2v) is 12.0. The summed E-state index contributed by atoms with van der Waals surface area (Å²) in [6, 6.07) is 8.59. The second-order valence-electron chi connectivity index (χ2n) is 9.96. The molecule has 2 saturated heterocycles. The van der Waals surface area contributed by atoms with E-state index in [0.717, 1.165) is 12.1 Å². The zero-order valence-electron chi connectivity index (χ0n) is 21.4. The highest BCUT2D eigenvalue weighted by Crippen LogP contribution is 2.38. The number of sulfone groups is 1. The number of aliphatic carboxylic acids is 1. The van der Waals surface area contributed by atoms with Gasteiger partial charge in [-0.25, -0.2) is 12.8 Å². The van der Waals surface area contributed by atoms with Gasteiger partial charge >= 0.3 is 12.1 Å². The Morgan fingerprint density at radius 3 is 2.36 bits per heavy atom. The van der Waals surface area contributed by atoms with Crippen molar-refractivity contribution in [1.82, 2.24) is 4.90 Å². The number of halogens is 4. The average Bonchev–Trinajstić information content (AvgIpc) is 2.89. The molecule has 212 valence electrons. The van der Waals surface area contributed by atoms with Crippen molar-refractivity contribution in [1.29, 1.82) is 0 Å². The Morgan fingerprint density at radius 2 is 1.77 bits per heavy atom. The quantitative estimate of drug-likeness (QED) is 0.384. The molecule has 2 aliphatic heterocycles. The predicted molar refractivity (Wildman–Crippen MR) is 140 cm³/mol. The van der Waals surface area contributed by atoms with Crippen molar-refractivity contribution >= 4 is 27.2 Å². The molecule has 2 aromatic carbocycles. The van der Waals surface area contributed by atoms with Crippen molar-refractivity contribution in [3.63, 3.8) is 0 Å². The number of rotatable bonds is 7. The minimum Gasteiger partial charge on any atom is -0.481 e. The first-order chi connectivity index (χ1) is 18.3. The molecule has 2 fully saturated rings. The van der Waals surface area contributed by atoms with Crippen LogP contribution in [0.3, 0.4) is 0 Å². The highest BCUT2D eigenvalue weighted by Gasteiger charge is 2.40. The van der Waals surface area contributed by atoms with E-state index in [-0.39, 0.29) is 30.2 Å². The summed E-state index contributed by atoms with van der Waals surface area (Å²) in [5, 5.41) is 8.13. The third-order valence-corrected chi connectivity index (χ3v) is 9.50. The molecule has 0 radical (unpaired) electrons. The summed E-state index contributed by atoms with van der Waals surface area (Å²) in [7, 11) is -3.95. The topological polar surface area (TPSA) is 81.2 Å². The van der Waals surface area contributed by atoms with Crippen LogP contribution in [0.2, 0.25) is 0 Å². The molecule has 0 aliphatic carbocycles. The molecule has 2 unspecified atom stereocenters. The van der Waals surface area contributed by atoms with E-state index in [1.807, 2.05) is 4.90 Å². The highest BCUT2D eigenvalue weighted by molar-refractivity contribution is 7.92. The normalized spacial score (nSPS) is 20.6. The van der Waals surface area contributed by atoms with Gasteiger partial charge in [-0.1, -0.05) is 12.1 Å². The van der Waals surface area contributed by atoms with Gasteiger partial charge < -0.3 is 14.9 Å². The number of piperidine rings is 1. The molecular weight excluding hydrogens is 538 g/mol. The summed E-state index contributed by atoms with van der Waals surface area (Å²) in [4.78, 5) is 16.5. The van der Waals surface area contributed by atoms with Crippen molar-refractivity contribution in [2.45, 2.75) is 42.3 Å². The van der Waals surface area contributed by atoms with Crippen molar-refractivity contribution < 1.29 is 35.9 Å². The van der Waals surface area contributed by atoms with Gasteiger partial charge in [0.05, 0.1) is 16.4 Å². The fourth-order valence-corrected chi connectivity index (χ4v) is 7.16. The van der Waals surface area contributed by atoms with Crippen molar-refractivity contribution in [3.8, 4) is 0 Å². The van der Waals surface area contributed by atoms with E-state index in [9.17, 15) is 35.9 Å². The first-order valence-electron chi connectivity index (χ1n) is 12.6. The first kappa shape index (κ1) is 28.9. The number of nitrogens with zero attached hydrogens (tertiary/aromatic N) is 3. The summed E-state index contributed by atoms with van der Waals surface area (Å²) >= 11 is 0. The number of benzene rings is 2. The average molecular weight is 570 g/mol. The number of hydrogen-bond acceptors (Lipinski definition) is 6. The van der Waals surface area contributed by atoms with E-state index in [1.54, 1.807) is 30.0 Å². The minimum absolute atomic E-state index is 0.0813. The molecule has 39 heavy (non-hydrogen) atoms. The van der Waals surface area contributed by atoms with Crippen molar-refractivity contribution in [3.05, 3.63) is 66.5 Å². The molecule has 2 heterocycles. The zero-order chi connectivity index (χ0) is 28.5. The monoisotopic (exact) mass is 569 g/mol. The largest absolute Gasteiger partial charge is 0.481 e. The Kier molecular flexibility index (Phi) is 8.27. The number of carboxylic acids is 1. The van der Waals surface area contributed by atoms with Crippen LogP contribution < -0.4 is 9.80 Å². The van der Waals surface area contributed by atoms with E-state index in [1.165, 1.54) is 17.0 Å². The molecule has 0 saturated carbocycles. The number of carbonyl (C=O) groups is 1. The van der Waals surface area contributed by atoms with Crippen LogP contribution in [0.5, 0.6) is 0 Å². The molecule has 12 heteroatoms. The summed E-state index contributed by atoms with van der Waals surface area (Å²) in [5.41, 5.74) is -0.537. The molecule has 2 atom stereocenters. The third-order valence-electron chi connectivity index (χ3n) is 7.49. The second kappa shape index (κ2) is 11.2. The minimum atomic E-state index is -4.74. The Labute approximate surface area is 225 Å². The first-order valence-corrected chi connectivity index (χ1v) is 14.2. The van der Waals surface area contributed by atoms with Crippen LogP contribution in [0.4, 0.5) is 28.9 Å². The molecule has 0 bridgehead atoms. The lowest BCUT2D eigenvalue weighted by atomic mass is 9.97. The highest BCUT2D eigenvalue weighted by atomic mass is 32.2. The number of hydrogen-bond donors (Lipinski definition) is 1. The van der Waals surface area contributed by atoms with E-state index < -0.39 is 50.7 Å². The number of alkyl halides is 3. The van der Waals surface area contributed by atoms with E-state index in [2.05, 4.69) is 6.58 Å². The standard InChI is InChI=1S/C27H31F4N3O4S/c1-3-25(34-14-13-33(17-18(34)2)24-8-7-20(28)15-23(24)27(29,30)31)39(37,38)22-6-4-5-21(16-22)32-11-9-19(10-12-32)26(35)36/h3-8,15-16,18-19,25H,1,9-14,17H2,2H3,(H,35,36). The van der Waals surface area contributed by atoms with Crippen LogP contribution in [-0.2, 0) is 20.8 Å². The van der Waals surface area contributed by atoms with Crippen LogP contribution in [0, 0.1) is 11.7 Å². The lowest BCUT2D eigenvalue weighted by molar-refractivity contribution is -0.142. The maximum absolute atomic E-state index is 13.7. The SMILES string of the molecule is C=CC(N1CCN(c2ccc(F)cc2C(F)(F)F)CC1C)S(=O)(=O)c1cccc(N2CCC(C(=O)O)CC2)c1. The number of piperazine rings is 1. The van der Waals surface area contributed by atoms with Crippen molar-refractivity contribution in [2.24, 2.45) is 5.92 Å². The summed E-state index contributed by atoms with van der Waals surface area (Å²) in [6.45, 7) is 6.82. The third kappa shape index (κ3) is 6.06. The fraction of sp³-hybridized carbons (Fsp3) is 0.444. The lowest BCUT2D eigenvalue weighted by Crippen LogP contribution is -2.57. The number of anilines is 2. The van der Waals surface area contributed by atoms with Gasteiger partial charge in [0.2, 0.25) is 0 Å². The lowest BCUT2D eigenvalue weighted by Gasteiger charge is -2.44. The molecule has 0 spiro atoms. The molecule has 0 amide bonds. The van der Waals surface area contributed by atoms with Gasteiger partial charge in [0.15, 0.2) is 9.84 Å². The zero-order valence-corrected chi connectivity index (χ0v) is 22.3. The fourth-order valence-electron chi connectivity index (χ4n) is 5.40. The van der Waals surface area contributed by atoms with Gasteiger partial charge in [-0.05, 0) is 56.2 Å². The maximum Gasteiger partial charge on any atom is 0.418 e. The predicted octanol–water partition coefficient (Wildman–Crippen LogP) is 4.64. The maximum atomic E-state index is 13.7. The van der Waals surface area contributed by atoms with Gasteiger partial charge in [-0.2, -0.15) is 13.2 Å². The Bertz CT molecular complexity index is 1330. The summed E-state index contributed by atoms with van der Waals surface area (Å²) < 4.78 is 81.8. The van der Waals surface area contributed by atoms with Crippen LogP contribution >= 0.6 is 0 Å². The van der Waals surface area contributed by atoms with Crippen molar-refractivity contribution in [2.75, 3.05) is 42.5 Å². The van der Waals surface area contributed by atoms with Gasteiger partial charge in [0.1, 0.15) is 11.2 Å². The number of carboxylic acid groups (broad SMARTS) is 1. The van der Waals surface area contributed by atoms with Gasteiger partial charge in [0, 0.05) is 50.1 Å². The van der Waals surface area contributed by atoms with Crippen LogP contribution in [0.1, 0.15) is 25.3 Å². The molecular formula is C27H31F4N3O4S. The smallest absolute Gasteiger partial charge is 0.418 e. The van der Waals surface area contributed by atoms with Gasteiger partial charge in [-0.3, -0.25) is 9.69 Å². The Morgan fingerprint density at radius 1 is 1.08 bits per heavy atom. The van der Waals surface area contributed by atoms with Gasteiger partial charge in [0.25, 0.3) is 0 Å². The molecule has 0 aromatic heterocycles. The summed E-state index contributed by atoms with van der Waals surface area (Å²) in [5.74, 6) is -2.23. The van der Waals surface area contributed by atoms with E-state index in [4.69, 9.17) is 0 Å². The molecule has 7 nitrogen and oxygen atoms in total. The summed E-state index contributed by atoms with van der Waals surface area (Å²) in [6.07, 6.45) is -2.48. The molecule has 2 aromatic rings. The van der Waals surface area contributed by atoms with E-state index >= 15 is 0 Å². The molecule has 2 aliphatic rings. The molecule has 1 N–H and O–H groups in total. The molecule has 4 rings (SSSR count). The Hall–Kier alpha value is -3.12. The van der Waals surface area contributed by atoms with E-state index in [0.29, 0.717) is 37.7 Å². The van der Waals surface area contributed by atoms with Crippen LogP contribution in [-0.4, -0.2) is 68.5 Å². The van der Waals surface area contributed by atoms with Crippen LogP contribution in [0.25, 0.3) is 0 Å². The van der Waals surface area contributed by atoms with Gasteiger partial charge in [-0.15, -0.1) is 6.58 Å². The Balaban J connectivity index is 1.53.